The van der Waals surface area contributed by atoms with E-state index in [2.05, 4.69) is 4.98 Å². The van der Waals surface area contributed by atoms with Gasteiger partial charge in [0.2, 0.25) is 0 Å². The molecule has 1 aromatic rings. The van der Waals surface area contributed by atoms with Crippen molar-refractivity contribution in [3.63, 3.8) is 0 Å². The molecule has 2 N–H and O–H groups in total. The molecule has 0 bridgehead atoms. The summed E-state index contributed by atoms with van der Waals surface area (Å²) in [4.78, 5) is 3.99. The molecule has 2 atom stereocenters. The van der Waals surface area contributed by atoms with Gasteiger partial charge in [-0.25, -0.2) is 0 Å². The van der Waals surface area contributed by atoms with Crippen LogP contribution >= 0.6 is 0 Å². The molecule has 3 nitrogen and oxygen atoms in total. The summed E-state index contributed by atoms with van der Waals surface area (Å²) >= 11 is 0. The van der Waals surface area contributed by atoms with Crippen LogP contribution in [0.2, 0.25) is 0 Å². The average Bonchev–Trinajstić information content (AvgIpc) is 2.30. The first-order valence-corrected chi connectivity index (χ1v) is 5.88. The summed E-state index contributed by atoms with van der Waals surface area (Å²) in [6, 6.07) is 1.85. The predicted octanol–water partition coefficient (Wildman–Crippen LogP) is 2.22. The second kappa shape index (κ2) is 5.97. The van der Waals surface area contributed by atoms with Crippen molar-refractivity contribution in [2.24, 2.45) is 5.92 Å². The highest BCUT2D eigenvalue weighted by Gasteiger charge is 2.26. The van der Waals surface area contributed by atoms with Gasteiger partial charge in [-0.2, -0.15) is 0 Å². The molecular formula is C13H21NO2. The first kappa shape index (κ1) is 13.1. The first-order chi connectivity index (χ1) is 7.61. The molecule has 0 aliphatic heterocycles. The van der Waals surface area contributed by atoms with Crippen molar-refractivity contribution in [1.29, 1.82) is 0 Å². The second-order valence-corrected chi connectivity index (χ2v) is 4.24. The van der Waals surface area contributed by atoms with Crippen LogP contribution in [-0.2, 0) is 0 Å². The number of nitrogens with zero attached hydrogens (tertiary/aromatic N) is 1. The summed E-state index contributed by atoms with van der Waals surface area (Å²) in [5.74, 6) is 0.134. The molecule has 0 aromatic carbocycles. The van der Waals surface area contributed by atoms with Crippen molar-refractivity contribution >= 4 is 0 Å². The minimum Gasteiger partial charge on any atom is -0.390 e. The van der Waals surface area contributed by atoms with Gasteiger partial charge in [-0.3, -0.25) is 4.98 Å². The Balaban J connectivity index is 2.85. The SMILES string of the molecule is CCC(CC)C(O)C(O)c1cnccc1C. The zero-order chi connectivity index (χ0) is 12.1. The van der Waals surface area contributed by atoms with E-state index >= 15 is 0 Å². The van der Waals surface area contributed by atoms with Gasteiger partial charge in [-0.05, 0) is 24.5 Å². The zero-order valence-electron chi connectivity index (χ0n) is 10.2. The monoisotopic (exact) mass is 223 g/mol. The quantitative estimate of drug-likeness (QED) is 0.804. The van der Waals surface area contributed by atoms with Crippen LogP contribution in [0.25, 0.3) is 0 Å². The van der Waals surface area contributed by atoms with Crippen LogP contribution in [0.3, 0.4) is 0 Å². The molecule has 0 saturated carbocycles. The third kappa shape index (κ3) is 2.80. The molecule has 1 heterocycles. The Bertz CT molecular complexity index is 323. The van der Waals surface area contributed by atoms with Gasteiger partial charge < -0.3 is 10.2 Å². The number of pyridine rings is 1. The van der Waals surface area contributed by atoms with Crippen LogP contribution in [0, 0.1) is 12.8 Å². The maximum absolute atomic E-state index is 10.1. The number of aliphatic hydroxyl groups is 2. The van der Waals surface area contributed by atoms with E-state index in [9.17, 15) is 10.2 Å². The molecule has 1 rings (SSSR count). The summed E-state index contributed by atoms with van der Waals surface area (Å²) in [6.45, 7) is 5.97. The fraction of sp³-hybridized carbons (Fsp3) is 0.615. The molecule has 0 amide bonds. The first-order valence-electron chi connectivity index (χ1n) is 5.88. The molecule has 0 spiro atoms. The lowest BCUT2D eigenvalue weighted by molar-refractivity contribution is -0.0214. The molecule has 0 radical (unpaired) electrons. The van der Waals surface area contributed by atoms with Gasteiger partial charge in [0.25, 0.3) is 0 Å². The van der Waals surface area contributed by atoms with Gasteiger partial charge in [0.05, 0.1) is 6.10 Å². The Morgan fingerprint density at radius 2 is 1.88 bits per heavy atom. The molecule has 1 aromatic heterocycles. The van der Waals surface area contributed by atoms with Gasteiger partial charge in [0.1, 0.15) is 6.10 Å². The minimum absolute atomic E-state index is 0.134. The van der Waals surface area contributed by atoms with Gasteiger partial charge in [-0.15, -0.1) is 0 Å². The Kier molecular flexibility index (Phi) is 4.90. The smallest absolute Gasteiger partial charge is 0.107 e. The van der Waals surface area contributed by atoms with Gasteiger partial charge in [0, 0.05) is 18.0 Å². The third-order valence-corrected chi connectivity index (χ3v) is 3.25. The van der Waals surface area contributed by atoms with E-state index in [-0.39, 0.29) is 5.92 Å². The number of aryl methyl sites for hydroxylation is 1. The summed E-state index contributed by atoms with van der Waals surface area (Å²) in [5.41, 5.74) is 1.69. The zero-order valence-corrected chi connectivity index (χ0v) is 10.2. The maximum atomic E-state index is 10.1. The molecule has 90 valence electrons. The van der Waals surface area contributed by atoms with E-state index in [1.165, 1.54) is 0 Å². The molecule has 0 saturated heterocycles. The highest BCUT2D eigenvalue weighted by molar-refractivity contribution is 5.24. The molecule has 0 aliphatic carbocycles. The number of hydrogen-bond acceptors (Lipinski definition) is 3. The van der Waals surface area contributed by atoms with Crippen molar-refractivity contribution < 1.29 is 10.2 Å². The van der Waals surface area contributed by atoms with Gasteiger partial charge in [-0.1, -0.05) is 26.7 Å². The Morgan fingerprint density at radius 3 is 2.38 bits per heavy atom. The molecule has 2 unspecified atom stereocenters. The van der Waals surface area contributed by atoms with Crippen LogP contribution in [0.5, 0.6) is 0 Å². The number of rotatable bonds is 5. The Morgan fingerprint density at radius 1 is 1.25 bits per heavy atom. The van der Waals surface area contributed by atoms with Crippen molar-refractivity contribution in [3.05, 3.63) is 29.6 Å². The van der Waals surface area contributed by atoms with Crippen LogP contribution in [-0.4, -0.2) is 21.3 Å². The van der Waals surface area contributed by atoms with E-state index in [0.29, 0.717) is 0 Å². The van der Waals surface area contributed by atoms with Crippen LogP contribution < -0.4 is 0 Å². The van der Waals surface area contributed by atoms with Crippen LogP contribution in [0.4, 0.5) is 0 Å². The van der Waals surface area contributed by atoms with Crippen LogP contribution in [0.1, 0.15) is 43.9 Å². The highest BCUT2D eigenvalue weighted by Crippen LogP contribution is 2.27. The number of hydrogen-bond donors (Lipinski definition) is 2. The highest BCUT2D eigenvalue weighted by atomic mass is 16.3. The lowest BCUT2D eigenvalue weighted by Crippen LogP contribution is -2.27. The molecule has 0 aliphatic rings. The van der Waals surface area contributed by atoms with E-state index in [0.717, 1.165) is 24.0 Å². The number of aromatic nitrogens is 1. The molecule has 3 heteroatoms. The summed E-state index contributed by atoms with van der Waals surface area (Å²) in [5, 5.41) is 20.2. The molecule has 16 heavy (non-hydrogen) atoms. The summed E-state index contributed by atoms with van der Waals surface area (Å²) in [6.07, 6.45) is 3.51. The normalized spacial score (nSPS) is 15.1. The lowest BCUT2D eigenvalue weighted by Gasteiger charge is -2.25. The van der Waals surface area contributed by atoms with E-state index < -0.39 is 12.2 Å². The van der Waals surface area contributed by atoms with Crippen molar-refractivity contribution in [2.75, 3.05) is 0 Å². The fourth-order valence-electron chi connectivity index (χ4n) is 2.00. The Labute approximate surface area is 97.2 Å². The van der Waals surface area contributed by atoms with Gasteiger partial charge >= 0.3 is 0 Å². The van der Waals surface area contributed by atoms with Crippen molar-refractivity contribution in [2.45, 2.75) is 45.8 Å². The van der Waals surface area contributed by atoms with Crippen molar-refractivity contribution in [3.8, 4) is 0 Å². The molecule has 0 fully saturated rings. The maximum Gasteiger partial charge on any atom is 0.107 e. The molecular weight excluding hydrogens is 202 g/mol. The third-order valence-electron chi connectivity index (χ3n) is 3.25. The summed E-state index contributed by atoms with van der Waals surface area (Å²) < 4.78 is 0. The number of aliphatic hydroxyl groups excluding tert-OH is 2. The standard InChI is InChI=1S/C13H21NO2/c1-4-10(5-2)12(15)13(16)11-8-14-7-6-9(11)3/h6-8,10,12-13,15-16H,4-5H2,1-3H3. The second-order valence-electron chi connectivity index (χ2n) is 4.24. The topological polar surface area (TPSA) is 53.4 Å². The van der Waals surface area contributed by atoms with Crippen molar-refractivity contribution in [1.82, 2.24) is 4.98 Å². The Hall–Kier alpha value is -0.930. The summed E-state index contributed by atoms with van der Waals surface area (Å²) in [7, 11) is 0. The van der Waals surface area contributed by atoms with Gasteiger partial charge in [0.15, 0.2) is 0 Å². The van der Waals surface area contributed by atoms with Crippen LogP contribution in [0.15, 0.2) is 18.5 Å². The van der Waals surface area contributed by atoms with E-state index in [1.54, 1.807) is 12.4 Å². The van der Waals surface area contributed by atoms with E-state index in [1.807, 2.05) is 26.8 Å². The predicted molar refractivity (Wildman–Crippen MR) is 64.0 cm³/mol. The average molecular weight is 223 g/mol. The largest absolute Gasteiger partial charge is 0.390 e. The minimum atomic E-state index is -0.835. The lowest BCUT2D eigenvalue weighted by atomic mass is 9.89. The fourth-order valence-corrected chi connectivity index (χ4v) is 2.00. The van der Waals surface area contributed by atoms with E-state index in [4.69, 9.17) is 0 Å².